The molecular weight excluding hydrogens is 352 g/mol. The lowest BCUT2D eigenvalue weighted by Crippen LogP contribution is -2.05. The maximum atomic E-state index is 4.95. The predicted octanol–water partition coefficient (Wildman–Crippen LogP) is 5.42. The maximum absolute atomic E-state index is 4.95. The van der Waals surface area contributed by atoms with Crippen molar-refractivity contribution in [3.63, 3.8) is 0 Å². The van der Waals surface area contributed by atoms with E-state index >= 15 is 0 Å². The van der Waals surface area contributed by atoms with Gasteiger partial charge < -0.3 is 0 Å². The molecule has 0 N–H and O–H groups in total. The number of benzene rings is 1. The van der Waals surface area contributed by atoms with Crippen LogP contribution in [0.2, 0.25) is 0 Å². The molecule has 0 atom stereocenters. The number of unbranched alkanes of at least 4 members (excludes halogenated alkanes) is 3. The van der Waals surface area contributed by atoms with Crippen molar-refractivity contribution in [1.82, 2.24) is 14.8 Å². The molecule has 0 bridgehead atoms. The van der Waals surface area contributed by atoms with Crippen LogP contribution in [0, 0.1) is 13.8 Å². The average molecular weight is 379 g/mol. The second-order valence-corrected chi connectivity index (χ2v) is 8.39. The van der Waals surface area contributed by atoms with Crippen molar-refractivity contribution in [2.24, 2.45) is 4.99 Å². The highest BCUT2D eigenvalue weighted by atomic mass is 32.1. The lowest BCUT2D eigenvalue weighted by Gasteiger charge is -2.08. The lowest BCUT2D eigenvalue weighted by atomic mass is 10.0. The predicted molar refractivity (Wildman–Crippen MR) is 112 cm³/mol. The van der Waals surface area contributed by atoms with Crippen LogP contribution in [0.3, 0.4) is 0 Å². The Bertz CT molecular complexity index is 980. The van der Waals surface area contributed by atoms with E-state index in [-0.39, 0.29) is 0 Å². The van der Waals surface area contributed by atoms with E-state index < -0.39 is 0 Å². The molecule has 4 rings (SSSR count). The molecule has 27 heavy (non-hydrogen) atoms. The van der Waals surface area contributed by atoms with Crippen LogP contribution in [0.1, 0.15) is 65.8 Å². The summed E-state index contributed by atoms with van der Waals surface area (Å²) in [5.74, 6) is 1.86. The number of aryl methyl sites for hydroxylation is 3. The van der Waals surface area contributed by atoms with Gasteiger partial charge in [-0.3, -0.25) is 9.56 Å². The van der Waals surface area contributed by atoms with Crippen LogP contribution in [-0.4, -0.2) is 20.5 Å². The van der Waals surface area contributed by atoms with Gasteiger partial charge in [-0.25, -0.2) is 0 Å². The molecule has 0 saturated carbocycles. The van der Waals surface area contributed by atoms with Crippen LogP contribution in [0.4, 0.5) is 0 Å². The van der Waals surface area contributed by atoms with Crippen LogP contribution < -0.4 is 0 Å². The Morgan fingerprint density at radius 2 is 1.96 bits per heavy atom. The van der Waals surface area contributed by atoms with Gasteiger partial charge in [0.2, 0.25) is 0 Å². The molecule has 3 heterocycles. The van der Waals surface area contributed by atoms with Crippen molar-refractivity contribution >= 4 is 17.0 Å². The second-order valence-electron chi connectivity index (χ2n) is 7.28. The fourth-order valence-electron chi connectivity index (χ4n) is 3.66. The first-order valence-corrected chi connectivity index (χ1v) is 10.6. The van der Waals surface area contributed by atoms with Crippen molar-refractivity contribution in [1.29, 1.82) is 0 Å². The highest BCUT2D eigenvalue weighted by Crippen LogP contribution is 2.34. The summed E-state index contributed by atoms with van der Waals surface area (Å²) in [6.07, 6.45) is 6.27. The smallest absolute Gasteiger partial charge is 0.160 e. The molecule has 140 valence electrons. The fourth-order valence-corrected chi connectivity index (χ4v) is 4.93. The van der Waals surface area contributed by atoms with Gasteiger partial charge in [0.05, 0.1) is 5.71 Å². The van der Waals surface area contributed by atoms with Crippen molar-refractivity contribution in [3.8, 4) is 5.00 Å². The van der Waals surface area contributed by atoms with E-state index in [2.05, 4.69) is 58.9 Å². The van der Waals surface area contributed by atoms with Gasteiger partial charge in [0.1, 0.15) is 17.4 Å². The van der Waals surface area contributed by atoms with E-state index in [0.717, 1.165) is 23.8 Å². The Morgan fingerprint density at radius 1 is 1.07 bits per heavy atom. The second kappa shape index (κ2) is 7.77. The van der Waals surface area contributed by atoms with Crippen LogP contribution in [0.25, 0.3) is 5.00 Å². The minimum atomic E-state index is 0.567. The molecule has 4 nitrogen and oxygen atoms in total. The number of aliphatic imine (C=N–C) groups is 1. The Kier molecular flexibility index (Phi) is 5.21. The maximum Gasteiger partial charge on any atom is 0.160 e. The molecule has 0 amide bonds. The summed E-state index contributed by atoms with van der Waals surface area (Å²) in [5.41, 5.74) is 4.74. The van der Waals surface area contributed by atoms with Crippen molar-refractivity contribution in [2.45, 2.75) is 59.4 Å². The molecule has 3 aromatic rings. The molecule has 0 fully saturated rings. The topological polar surface area (TPSA) is 43.1 Å². The molecule has 2 aromatic heterocycles. The molecule has 5 heteroatoms. The van der Waals surface area contributed by atoms with E-state index in [9.17, 15) is 0 Å². The average Bonchev–Trinajstić information content (AvgIpc) is 3.19. The number of thiophene rings is 1. The van der Waals surface area contributed by atoms with Gasteiger partial charge in [-0.15, -0.1) is 21.5 Å². The van der Waals surface area contributed by atoms with Gasteiger partial charge in [-0.2, -0.15) is 0 Å². The zero-order chi connectivity index (χ0) is 18.8. The monoisotopic (exact) mass is 378 g/mol. The third kappa shape index (κ3) is 3.61. The number of nitrogens with zero attached hydrogens (tertiary/aromatic N) is 4. The van der Waals surface area contributed by atoms with E-state index in [1.807, 2.05) is 18.3 Å². The summed E-state index contributed by atoms with van der Waals surface area (Å²) < 4.78 is 2.20. The first kappa shape index (κ1) is 18.1. The zero-order valence-electron chi connectivity index (χ0n) is 16.3. The van der Waals surface area contributed by atoms with Gasteiger partial charge in [0.15, 0.2) is 5.82 Å². The minimum Gasteiger partial charge on any atom is -0.276 e. The molecular formula is C22H26N4S. The van der Waals surface area contributed by atoms with Gasteiger partial charge in [-0.1, -0.05) is 49.9 Å². The Balaban J connectivity index is 1.77. The number of fused-ring (bicyclic) bond motifs is 3. The lowest BCUT2D eigenvalue weighted by molar-refractivity contribution is 0.670. The van der Waals surface area contributed by atoms with Crippen molar-refractivity contribution in [3.05, 3.63) is 63.5 Å². The van der Waals surface area contributed by atoms with Crippen LogP contribution in [-0.2, 0) is 13.0 Å². The van der Waals surface area contributed by atoms with Crippen molar-refractivity contribution < 1.29 is 0 Å². The Labute approximate surface area is 165 Å². The normalized spacial score (nSPS) is 13.1. The standard InChI is InChI=1S/C22H26N4S/c1-4-5-6-7-11-18-13-19-21(17-10-8-9-15(2)12-17)23-14-20-25-24-16(3)26(20)22(19)27-18/h8-10,12-13H,4-7,11,14H2,1-3H3. The third-order valence-corrected chi connectivity index (χ3v) is 6.24. The van der Waals surface area contributed by atoms with Crippen LogP contribution >= 0.6 is 11.3 Å². The van der Waals surface area contributed by atoms with E-state index in [1.165, 1.54) is 52.3 Å². The number of hydrogen-bond donors (Lipinski definition) is 0. The third-order valence-electron chi connectivity index (χ3n) is 5.06. The highest BCUT2D eigenvalue weighted by molar-refractivity contribution is 7.15. The van der Waals surface area contributed by atoms with Gasteiger partial charge in [0.25, 0.3) is 0 Å². The molecule has 0 unspecified atom stereocenters. The molecule has 0 saturated heterocycles. The van der Waals surface area contributed by atoms with Crippen LogP contribution in [0.15, 0.2) is 35.3 Å². The van der Waals surface area contributed by atoms with Gasteiger partial charge in [0, 0.05) is 16.0 Å². The summed E-state index contributed by atoms with van der Waals surface area (Å²) in [6.45, 7) is 6.98. The van der Waals surface area contributed by atoms with E-state index in [4.69, 9.17) is 4.99 Å². The minimum absolute atomic E-state index is 0.567. The highest BCUT2D eigenvalue weighted by Gasteiger charge is 2.24. The molecule has 0 aliphatic carbocycles. The molecule has 1 aliphatic heterocycles. The van der Waals surface area contributed by atoms with Crippen LogP contribution in [0.5, 0.6) is 0 Å². The summed E-state index contributed by atoms with van der Waals surface area (Å²) in [5, 5.41) is 9.88. The zero-order valence-corrected chi connectivity index (χ0v) is 17.1. The number of rotatable bonds is 6. The summed E-state index contributed by atoms with van der Waals surface area (Å²) in [7, 11) is 0. The first-order chi connectivity index (χ1) is 13.2. The summed E-state index contributed by atoms with van der Waals surface area (Å²) >= 11 is 1.87. The van der Waals surface area contributed by atoms with E-state index in [0.29, 0.717) is 6.54 Å². The Morgan fingerprint density at radius 3 is 2.78 bits per heavy atom. The Hall–Kier alpha value is -2.27. The summed E-state index contributed by atoms with van der Waals surface area (Å²) in [6, 6.07) is 11.0. The molecule has 1 aliphatic rings. The first-order valence-electron chi connectivity index (χ1n) is 9.83. The number of aromatic nitrogens is 3. The largest absolute Gasteiger partial charge is 0.276 e. The fraction of sp³-hybridized carbons (Fsp3) is 0.409. The number of hydrogen-bond acceptors (Lipinski definition) is 4. The quantitative estimate of drug-likeness (QED) is 0.538. The van der Waals surface area contributed by atoms with Gasteiger partial charge >= 0.3 is 0 Å². The van der Waals surface area contributed by atoms with E-state index in [1.54, 1.807) is 0 Å². The van der Waals surface area contributed by atoms with Gasteiger partial charge in [-0.05, 0) is 38.8 Å². The SMILES string of the molecule is CCCCCCc1cc2c(s1)-n1c(C)nnc1CN=C2c1cccc(C)c1. The molecule has 0 radical (unpaired) electrons. The summed E-state index contributed by atoms with van der Waals surface area (Å²) in [4.78, 5) is 6.38. The molecule has 0 spiro atoms. The van der Waals surface area contributed by atoms with Crippen molar-refractivity contribution in [2.75, 3.05) is 0 Å². The molecule has 1 aromatic carbocycles.